The lowest BCUT2D eigenvalue weighted by Crippen LogP contribution is -2.42. The highest BCUT2D eigenvalue weighted by atomic mass is 35.5. The number of benzene rings is 2. The molecule has 2 aromatic rings. The molecule has 0 saturated carbocycles. The number of carbonyl (C=O) groups excluding carboxylic acids is 1. The van der Waals surface area contributed by atoms with Gasteiger partial charge in [-0.05, 0) is 55.8 Å². The van der Waals surface area contributed by atoms with Gasteiger partial charge >= 0.3 is 12.1 Å². The number of alkyl halides is 3. The molecule has 10 heteroatoms. The first-order valence-corrected chi connectivity index (χ1v) is 9.76. The Kier molecular flexibility index (Phi) is 6.05. The number of nitrogens with two attached hydrogens (primary N) is 1. The van der Waals surface area contributed by atoms with Crippen molar-refractivity contribution >= 4 is 34.9 Å². The van der Waals surface area contributed by atoms with Gasteiger partial charge in [0.05, 0.1) is 18.4 Å². The summed E-state index contributed by atoms with van der Waals surface area (Å²) < 4.78 is 47.3. The van der Waals surface area contributed by atoms with Crippen molar-refractivity contribution in [3.05, 3.63) is 74.8 Å². The number of methoxy groups -OCH3 is 1. The van der Waals surface area contributed by atoms with Crippen LogP contribution in [0.5, 0.6) is 0 Å². The fourth-order valence-corrected chi connectivity index (χ4v) is 3.81. The van der Waals surface area contributed by atoms with Gasteiger partial charge in [-0.2, -0.15) is 13.2 Å². The molecule has 1 unspecified atom stereocenters. The minimum Gasteiger partial charge on any atom is -0.465 e. The van der Waals surface area contributed by atoms with Crippen LogP contribution in [-0.4, -0.2) is 19.3 Å². The highest BCUT2D eigenvalue weighted by Gasteiger charge is 2.59. The Morgan fingerprint density at radius 3 is 2.26 bits per heavy atom. The van der Waals surface area contributed by atoms with Crippen molar-refractivity contribution in [1.29, 1.82) is 0 Å². The number of carbonyl (C=O) groups is 1. The predicted molar refractivity (Wildman–Crippen MR) is 111 cm³/mol. The molecule has 1 aliphatic heterocycles. The van der Waals surface area contributed by atoms with Crippen LogP contribution >= 0.6 is 23.2 Å². The minimum atomic E-state index is -4.84. The van der Waals surface area contributed by atoms with Gasteiger partial charge in [-0.15, -0.1) is 0 Å². The standard InChI is InChI=1S/C21H19Cl2F3N2O3/c1-19(2,27)16-6-11(4-5-15(16)18(29)30-3)17-10-20(31-28-17,21(24,25)26)12-7-13(22)9-14(23)8-12/h4-10,28H,27H2,1-3H3. The molecule has 0 amide bonds. The van der Waals surface area contributed by atoms with Gasteiger partial charge in [0.25, 0.3) is 0 Å². The Balaban J connectivity index is 2.17. The van der Waals surface area contributed by atoms with Crippen LogP contribution in [0.3, 0.4) is 0 Å². The van der Waals surface area contributed by atoms with Gasteiger partial charge in [0.15, 0.2) is 0 Å². The Morgan fingerprint density at radius 1 is 1.13 bits per heavy atom. The number of hydroxylamine groups is 1. The van der Waals surface area contributed by atoms with E-state index in [0.717, 1.165) is 18.2 Å². The van der Waals surface area contributed by atoms with Crippen molar-refractivity contribution in [2.45, 2.75) is 31.2 Å². The molecular weight excluding hydrogens is 456 g/mol. The van der Waals surface area contributed by atoms with E-state index in [1.54, 1.807) is 13.8 Å². The van der Waals surface area contributed by atoms with Crippen LogP contribution in [0, 0.1) is 0 Å². The van der Waals surface area contributed by atoms with Crippen molar-refractivity contribution < 1.29 is 27.5 Å². The SMILES string of the molecule is COC(=O)c1ccc(C2=CC(c3cc(Cl)cc(Cl)c3)(C(F)(F)F)ON2)cc1C(C)(C)N. The molecular formula is C21H19Cl2F3N2O3. The number of hydrogen-bond donors (Lipinski definition) is 2. The van der Waals surface area contributed by atoms with Gasteiger partial charge in [-0.1, -0.05) is 29.3 Å². The highest BCUT2D eigenvalue weighted by molar-refractivity contribution is 6.34. The molecule has 3 rings (SSSR count). The second-order valence-corrected chi connectivity index (χ2v) is 8.50. The maximum atomic E-state index is 14.2. The van der Waals surface area contributed by atoms with E-state index in [1.165, 1.54) is 31.4 Å². The molecule has 0 aliphatic carbocycles. The van der Waals surface area contributed by atoms with Crippen molar-refractivity contribution in [2.24, 2.45) is 5.73 Å². The molecule has 1 atom stereocenters. The molecule has 0 bridgehead atoms. The van der Waals surface area contributed by atoms with E-state index in [-0.39, 0.29) is 26.9 Å². The van der Waals surface area contributed by atoms with Crippen LogP contribution in [0.4, 0.5) is 13.2 Å². The summed E-state index contributed by atoms with van der Waals surface area (Å²) in [6.45, 7) is 3.33. The summed E-state index contributed by atoms with van der Waals surface area (Å²) in [5.74, 6) is -0.608. The molecule has 31 heavy (non-hydrogen) atoms. The molecule has 0 spiro atoms. The topological polar surface area (TPSA) is 73.6 Å². The zero-order valence-corrected chi connectivity index (χ0v) is 18.2. The monoisotopic (exact) mass is 474 g/mol. The second-order valence-electron chi connectivity index (χ2n) is 7.63. The van der Waals surface area contributed by atoms with Gasteiger partial charge in [0.1, 0.15) is 0 Å². The minimum absolute atomic E-state index is 0.0335. The molecule has 0 radical (unpaired) electrons. The normalized spacial score (nSPS) is 19.1. The lowest BCUT2D eigenvalue weighted by molar-refractivity contribution is -0.269. The van der Waals surface area contributed by atoms with E-state index < -0.39 is 23.3 Å². The molecule has 3 N–H and O–H groups in total. The average Bonchev–Trinajstić information content (AvgIpc) is 3.12. The highest BCUT2D eigenvalue weighted by Crippen LogP contribution is 2.48. The van der Waals surface area contributed by atoms with Gasteiger partial charge in [0.2, 0.25) is 5.60 Å². The second kappa shape index (κ2) is 8.02. The summed E-state index contributed by atoms with van der Waals surface area (Å²) in [5, 5.41) is 0.0670. The predicted octanol–water partition coefficient (Wildman–Crippen LogP) is 5.31. The summed E-state index contributed by atoms with van der Waals surface area (Å²) in [7, 11) is 1.23. The van der Waals surface area contributed by atoms with Crippen molar-refractivity contribution in [1.82, 2.24) is 5.48 Å². The van der Waals surface area contributed by atoms with E-state index in [0.29, 0.717) is 11.1 Å². The summed E-state index contributed by atoms with van der Waals surface area (Å²) in [6.07, 6.45) is -3.94. The molecule has 0 fully saturated rings. The van der Waals surface area contributed by atoms with E-state index in [9.17, 15) is 18.0 Å². The number of halogens is 5. The van der Waals surface area contributed by atoms with Crippen molar-refractivity contribution in [3.63, 3.8) is 0 Å². The Bertz CT molecular complexity index is 1040. The van der Waals surface area contributed by atoms with Gasteiger partial charge in [0, 0.05) is 26.7 Å². The fourth-order valence-electron chi connectivity index (χ4n) is 3.29. The van der Waals surface area contributed by atoms with Crippen LogP contribution in [0.15, 0.2) is 42.5 Å². The van der Waals surface area contributed by atoms with Gasteiger partial charge in [-0.3, -0.25) is 10.3 Å². The molecule has 0 saturated heterocycles. The fraction of sp³-hybridized carbons (Fsp3) is 0.286. The zero-order chi connectivity index (χ0) is 23.2. The van der Waals surface area contributed by atoms with Crippen LogP contribution < -0.4 is 11.2 Å². The summed E-state index contributed by atoms with van der Waals surface area (Å²) in [5.41, 5.74) is 5.42. The van der Waals surface area contributed by atoms with Crippen LogP contribution in [-0.2, 0) is 20.7 Å². The Morgan fingerprint density at radius 2 is 1.74 bits per heavy atom. The van der Waals surface area contributed by atoms with Gasteiger partial charge < -0.3 is 10.5 Å². The van der Waals surface area contributed by atoms with Gasteiger partial charge in [-0.25, -0.2) is 4.79 Å². The average molecular weight is 475 g/mol. The molecule has 166 valence electrons. The van der Waals surface area contributed by atoms with E-state index in [2.05, 4.69) is 5.48 Å². The molecule has 0 aromatic heterocycles. The van der Waals surface area contributed by atoms with Crippen molar-refractivity contribution in [2.75, 3.05) is 7.11 Å². The number of esters is 1. The van der Waals surface area contributed by atoms with E-state index >= 15 is 0 Å². The molecule has 5 nitrogen and oxygen atoms in total. The van der Waals surface area contributed by atoms with Crippen LogP contribution in [0.1, 0.15) is 40.9 Å². The van der Waals surface area contributed by atoms with E-state index in [4.69, 9.17) is 38.5 Å². The quantitative estimate of drug-likeness (QED) is 0.587. The third-order valence-corrected chi connectivity index (χ3v) is 5.25. The first-order chi connectivity index (χ1) is 14.3. The first-order valence-electron chi connectivity index (χ1n) is 9.01. The lowest BCUT2D eigenvalue weighted by Gasteiger charge is -2.28. The van der Waals surface area contributed by atoms with Crippen LogP contribution in [0.2, 0.25) is 10.0 Å². The summed E-state index contributed by atoms with van der Waals surface area (Å²) in [6, 6.07) is 8.03. The number of hydrogen-bond acceptors (Lipinski definition) is 5. The smallest absolute Gasteiger partial charge is 0.428 e. The molecule has 2 aromatic carbocycles. The van der Waals surface area contributed by atoms with Crippen molar-refractivity contribution in [3.8, 4) is 0 Å². The maximum absolute atomic E-state index is 14.2. The molecule has 1 aliphatic rings. The number of nitrogens with one attached hydrogen (secondary N) is 1. The number of ether oxygens (including phenoxy) is 1. The third kappa shape index (κ3) is 4.39. The van der Waals surface area contributed by atoms with E-state index in [1.807, 2.05) is 0 Å². The lowest BCUT2D eigenvalue weighted by atomic mass is 9.87. The molecule has 1 heterocycles. The Hall–Kier alpha value is -2.26. The maximum Gasteiger partial charge on any atom is 0.428 e. The number of rotatable bonds is 4. The van der Waals surface area contributed by atoms with Crippen LogP contribution in [0.25, 0.3) is 5.70 Å². The first kappa shape index (κ1) is 23.4. The third-order valence-electron chi connectivity index (χ3n) is 4.81. The largest absolute Gasteiger partial charge is 0.465 e. The summed E-state index contributed by atoms with van der Waals surface area (Å²) >= 11 is 11.8. The Labute approximate surface area is 186 Å². The zero-order valence-electron chi connectivity index (χ0n) is 16.7. The summed E-state index contributed by atoms with van der Waals surface area (Å²) in [4.78, 5) is 17.2.